The Labute approximate surface area is 147 Å². The number of benzene rings is 1. The molecule has 4 rings (SSSR count). The van der Waals surface area contributed by atoms with Crippen LogP contribution in [0, 0.1) is 12.3 Å². The SMILES string of the molecule is Cc1c(C(=O)N2c3ccccc3C[C@H]2C)oc2c1C(=O)CC(C)(C)C2. The minimum absolute atomic E-state index is 0.0820. The van der Waals surface area contributed by atoms with Gasteiger partial charge in [-0.25, -0.2) is 0 Å². The van der Waals surface area contributed by atoms with Crippen molar-refractivity contribution in [1.82, 2.24) is 0 Å². The lowest BCUT2D eigenvalue weighted by molar-refractivity contribution is 0.0895. The number of ketones is 1. The molecule has 0 unspecified atom stereocenters. The van der Waals surface area contributed by atoms with Crippen LogP contribution in [0.25, 0.3) is 0 Å². The van der Waals surface area contributed by atoms with Gasteiger partial charge in [0.25, 0.3) is 5.91 Å². The first kappa shape index (κ1) is 16.1. The van der Waals surface area contributed by atoms with Crippen molar-refractivity contribution in [3.8, 4) is 0 Å². The molecule has 4 heteroatoms. The smallest absolute Gasteiger partial charge is 0.294 e. The van der Waals surface area contributed by atoms with Gasteiger partial charge in [-0.3, -0.25) is 9.59 Å². The zero-order chi connectivity index (χ0) is 17.9. The summed E-state index contributed by atoms with van der Waals surface area (Å²) in [6.45, 7) is 8.00. The Morgan fingerprint density at radius 3 is 2.72 bits per heavy atom. The van der Waals surface area contributed by atoms with Crippen LogP contribution in [-0.4, -0.2) is 17.7 Å². The molecule has 1 amide bonds. The molecule has 0 radical (unpaired) electrons. The molecule has 0 N–H and O–H groups in total. The predicted octanol–water partition coefficient (Wildman–Crippen LogP) is 4.33. The van der Waals surface area contributed by atoms with E-state index in [1.165, 1.54) is 5.56 Å². The van der Waals surface area contributed by atoms with Crippen LogP contribution in [0.4, 0.5) is 5.69 Å². The Morgan fingerprint density at radius 1 is 1.24 bits per heavy atom. The summed E-state index contributed by atoms with van der Waals surface area (Å²) in [5.74, 6) is 0.929. The summed E-state index contributed by atoms with van der Waals surface area (Å²) in [4.78, 5) is 27.6. The maximum Gasteiger partial charge on any atom is 0.294 e. The van der Waals surface area contributed by atoms with Crippen molar-refractivity contribution in [2.24, 2.45) is 5.41 Å². The fourth-order valence-electron chi connectivity index (χ4n) is 4.27. The molecule has 25 heavy (non-hydrogen) atoms. The van der Waals surface area contributed by atoms with E-state index >= 15 is 0 Å². The van der Waals surface area contributed by atoms with E-state index in [4.69, 9.17) is 4.42 Å². The van der Waals surface area contributed by atoms with Gasteiger partial charge in [-0.2, -0.15) is 0 Å². The summed E-state index contributed by atoms with van der Waals surface area (Å²) in [6, 6.07) is 8.06. The lowest BCUT2D eigenvalue weighted by Gasteiger charge is -2.27. The van der Waals surface area contributed by atoms with Gasteiger partial charge in [-0.05, 0) is 37.3 Å². The number of Topliss-reactive ketones (excluding diaryl/α,β-unsaturated/α-hetero) is 1. The number of carbonyl (C=O) groups excluding carboxylic acids is 2. The molecule has 1 atom stereocenters. The third kappa shape index (κ3) is 2.43. The summed E-state index contributed by atoms with van der Waals surface area (Å²) in [5, 5.41) is 0. The third-order valence-electron chi connectivity index (χ3n) is 5.40. The van der Waals surface area contributed by atoms with Crippen LogP contribution in [-0.2, 0) is 12.8 Å². The normalized spacial score (nSPS) is 21.2. The van der Waals surface area contributed by atoms with Crippen molar-refractivity contribution in [3.05, 3.63) is 52.5 Å². The van der Waals surface area contributed by atoms with Crippen LogP contribution in [0.2, 0.25) is 0 Å². The van der Waals surface area contributed by atoms with Gasteiger partial charge in [0.05, 0.1) is 5.56 Å². The van der Waals surface area contributed by atoms with Crippen LogP contribution in [0.3, 0.4) is 0 Å². The van der Waals surface area contributed by atoms with Crippen molar-refractivity contribution in [2.45, 2.75) is 53.0 Å². The molecule has 0 saturated heterocycles. The van der Waals surface area contributed by atoms with E-state index in [-0.39, 0.29) is 23.1 Å². The fourth-order valence-corrected chi connectivity index (χ4v) is 4.27. The quantitative estimate of drug-likeness (QED) is 0.778. The standard InChI is InChI=1S/C21H23NO3/c1-12-9-14-7-5-6-8-15(14)22(12)20(24)19-13(2)18-16(23)10-21(3,4)11-17(18)25-19/h5-8,12H,9-11H2,1-4H3/t12-/m1/s1. The molecule has 1 aliphatic heterocycles. The lowest BCUT2D eigenvalue weighted by Crippen LogP contribution is -2.35. The van der Waals surface area contributed by atoms with Crippen molar-refractivity contribution < 1.29 is 14.0 Å². The number of nitrogens with zero attached hydrogens (tertiary/aromatic N) is 1. The van der Waals surface area contributed by atoms with Crippen molar-refractivity contribution in [2.75, 3.05) is 4.90 Å². The predicted molar refractivity (Wildman–Crippen MR) is 96.3 cm³/mol. The van der Waals surface area contributed by atoms with Crippen molar-refractivity contribution >= 4 is 17.4 Å². The van der Waals surface area contributed by atoms with Gasteiger partial charge in [0.15, 0.2) is 11.5 Å². The highest BCUT2D eigenvalue weighted by atomic mass is 16.4. The molecule has 1 aromatic heterocycles. The first-order valence-corrected chi connectivity index (χ1v) is 8.85. The van der Waals surface area contributed by atoms with Crippen molar-refractivity contribution in [3.63, 3.8) is 0 Å². The summed E-state index contributed by atoms with van der Waals surface area (Å²) < 4.78 is 5.97. The Bertz CT molecular complexity index is 891. The minimum atomic E-state index is -0.144. The summed E-state index contributed by atoms with van der Waals surface area (Å²) >= 11 is 0. The lowest BCUT2D eigenvalue weighted by atomic mass is 9.76. The first-order chi connectivity index (χ1) is 11.8. The average molecular weight is 337 g/mol. The molecular formula is C21H23NO3. The molecule has 1 aromatic carbocycles. The average Bonchev–Trinajstić information content (AvgIpc) is 3.02. The van der Waals surface area contributed by atoms with E-state index in [1.807, 2.05) is 36.9 Å². The number of anilines is 1. The molecule has 4 nitrogen and oxygen atoms in total. The number of hydrogen-bond acceptors (Lipinski definition) is 3. The van der Waals surface area contributed by atoms with Crippen LogP contribution in [0.1, 0.15) is 65.0 Å². The molecular weight excluding hydrogens is 314 g/mol. The zero-order valence-electron chi connectivity index (χ0n) is 15.2. The van der Waals surface area contributed by atoms with E-state index in [9.17, 15) is 9.59 Å². The topological polar surface area (TPSA) is 50.5 Å². The largest absolute Gasteiger partial charge is 0.455 e. The van der Waals surface area contributed by atoms with Gasteiger partial charge in [-0.15, -0.1) is 0 Å². The number of fused-ring (bicyclic) bond motifs is 2. The molecule has 0 bridgehead atoms. The second-order valence-corrected chi connectivity index (χ2v) is 8.15. The Morgan fingerprint density at radius 2 is 1.96 bits per heavy atom. The van der Waals surface area contributed by atoms with Gasteiger partial charge < -0.3 is 9.32 Å². The van der Waals surface area contributed by atoms with Gasteiger partial charge >= 0.3 is 0 Å². The zero-order valence-corrected chi connectivity index (χ0v) is 15.2. The minimum Gasteiger partial charge on any atom is -0.455 e. The molecule has 0 fully saturated rings. The molecule has 0 saturated carbocycles. The van der Waals surface area contributed by atoms with Crippen LogP contribution in [0.5, 0.6) is 0 Å². The van der Waals surface area contributed by atoms with Crippen LogP contribution >= 0.6 is 0 Å². The van der Waals surface area contributed by atoms with E-state index in [2.05, 4.69) is 19.9 Å². The Kier molecular flexibility index (Phi) is 3.43. The third-order valence-corrected chi connectivity index (χ3v) is 5.40. The van der Waals surface area contributed by atoms with Crippen LogP contribution in [0.15, 0.2) is 28.7 Å². The van der Waals surface area contributed by atoms with Crippen LogP contribution < -0.4 is 4.90 Å². The number of amides is 1. The van der Waals surface area contributed by atoms with Gasteiger partial charge in [0.1, 0.15) is 5.76 Å². The summed E-state index contributed by atoms with van der Waals surface area (Å²) in [5.41, 5.74) is 3.32. The Hall–Kier alpha value is -2.36. The maximum absolute atomic E-state index is 13.2. The number of furan rings is 1. The second kappa shape index (κ2) is 5.32. The molecule has 2 heterocycles. The molecule has 0 spiro atoms. The number of carbonyl (C=O) groups is 2. The highest BCUT2D eigenvalue weighted by Gasteiger charge is 2.39. The summed E-state index contributed by atoms with van der Waals surface area (Å²) in [7, 11) is 0. The van der Waals surface area contributed by atoms with Gasteiger partial charge in [-0.1, -0.05) is 32.0 Å². The Balaban J connectivity index is 1.77. The van der Waals surface area contributed by atoms with E-state index in [0.29, 0.717) is 35.5 Å². The molecule has 2 aliphatic rings. The number of hydrogen-bond donors (Lipinski definition) is 0. The highest BCUT2D eigenvalue weighted by molar-refractivity contribution is 6.10. The van der Waals surface area contributed by atoms with Gasteiger partial charge in [0, 0.05) is 30.1 Å². The van der Waals surface area contributed by atoms with Gasteiger partial charge in [0.2, 0.25) is 0 Å². The monoisotopic (exact) mass is 337 g/mol. The maximum atomic E-state index is 13.2. The molecule has 1 aliphatic carbocycles. The highest BCUT2D eigenvalue weighted by Crippen LogP contribution is 2.40. The molecule has 130 valence electrons. The second-order valence-electron chi connectivity index (χ2n) is 8.15. The van der Waals surface area contributed by atoms with E-state index in [0.717, 1.165) is 12.1 Å². The fraction of sp³-hybridized carbons (Fsp3) is 0.429. The summed E-state index contributed by atoms with van der Waals surface area (Å²) in [6.07, 6.45) is 2.03. The molecule has 2 aromatic rings. The first-order valence-electron chi connectivity index (χ1n) is 8.85. The van der Waals surface area contributed by atoms with E-state index < -0.39 is 0 Å². The van der Waals surface area contributed by atoms with E-state index in [1.54, 1.807) is 0 Å². The number of para-hydroxylation sites is 1. The number of rotatable bonds is 1. The van der Waals surface area contributed by atoms with Crippen molar-refractivity contribution in [1.29, 1.82) is 0 Å².